The summed E-state index contributed by atoms with van der Waals surface area (Å²) >= 11 is 0. The van der Waals surface area contributed by atoms with Crippen LogP contribution in [0.15, 0.2) is 29.2 Å². The number of nitrogen functional groups attached to an aromatic ring is 1. The largest absolute Gasteiger partial charge is 0.393 e. The highest BCUT2D eigenvalue weighted by Crippen LogP contribution is 2.08. The van der Waals surface area contributed by atoms with Crippen molar-refractivity contribution in [3.63, 3.8) is 0 Å². The number of hydrogen-bond acceptors (Lipinski definition) is 3. The highest BCUT2D eigenvalue weighted by atomic mass is 35.5. The molecule has 2 aromatic heterocycles. The first-order valence-corrected chi connectivity index (χ1v) is 4.58. The van der Waals surface area contributed by atoms with Gasteiger partial charge in [0.05, 0.1) is 5.69 Å². The average molecular weight is 241 g/mol. The van der Waals surface area contributed by atoms with Crippen LogP contribution in [0.1, 0.15) is 5.69 Å². The third-order valence-corrected chi connectivity index (χ3v) is 2.46. The van der Waals surface area contributed by atoms with Crippen molar-refractivity contribution in [2.24, 2.45) is 7.05 Å². The van der Waals surface area contributed by atoms with Gasteiger partial charge >= 0.3 is 0 Å². The fraction of sp³-hybridized carbons (Fsp3) is 0.200. The molecule has 86 valence electrons. The van der Waals surface area contributed by atoms with Crippen molar-refractivity contribution >= 4 is 18.1 Å². The molecule has 0 saturated heterocycles. The molecule has 0 radical (unpaired) electrons. The number of halogens is 1. The normalized spacial score (nSPS) is 9.88. The zero-order valence-electron chi connectivity index (χ0n) is 9.04. The molecule has 0 aromatic carbocycles. The number of rotatable bonds is 1. The fourth-order valence-electron chi connectivity index (χ4n) is 1.47. The number of nitrogens with two attached hydrogens (primary N) is 1. The van der Waals surface area contributed by atoms with E-state index in [0.29, 0.717) is 5.82 Å². The van der Waals surface area contributed by atoms with E-state index in [1.165, 1.54) is 4.68 Å². The number of anilines is 1. The van der Waals surface area contributed by atoms with E-state index in [2.05, 4.69) is 4.98 Å². The fourth-order valence-corrected chi connectivity index (χ4v) is 1.47. The molecule has 2 N–H and O–H groups in total. The van der Waals surface area contributed by atoms with Crippen LogP contribution >= 0.6 is 12.4 Å². The Morgan fingerprint density at radius 2 is 2.06 bits per heavy atom. The first-order chi connectivity index (χ1) is 7.13. The second-order valence-electron chi connectivity index (χ2n) is 3.33. The van der Waals surface area contributed by atoms with Gasteiger partial charge in [0.1, 0.15) is 5.69 Å². The Morgan fingerprint density at radius 1 is 1.38 bits per heavy atom. The molecule has 0 saturated carbocycles. The predicted molar refractivity (Wildman–Crippen MR) is 65.2 cm³/mol. The molecule has 0 spiro atoms. The zero-order chi connectivity index (χ0) is 11.0. The molecular formula is C10H13ClN4O. The van der Waals surface area contributed by atoms with E-state index in [1.54, 1.807) is 37.0 Å². The van der Waals surface area contributed by atoms with Gasteiger partial charge in [0.25, 0.3) is 5.56 Å². The summed E-state index contributed by atoms with van der Waals surface area (Å²) in [7, 11) is 1.78. The van der Waals surface area contributed by atoms with Crippen LogP contribution in [-0.4, -0.2) is 14.3 Å². The molecule has 6 heteroatoms. The first-order valence-electron chi connectivity index (χ1n) is 4.58. The lowest BCUT2D eigenvalue weighted by Crippen LogP contribution is -2.21. The van der Waals surface area contributed by atoms with Gasteiger partial charge in [-0.05, 0) is 19.1 Å². The second kappa shape index (κ2) is 4.40. The van der Waals surface area contributed by atoms with Crippen molar-refractivity contribution in [2.75, 3.05) is 5.73 Å². The van der Waals surface area contributed by atoms with Gasteiger partial charge in [-0.15, -0.1) is 12.4 Å². The number of pyridine rings is 1. The number of hydrogen-bond donors (Lipinski definition) is 1. The molecular weight excluding hydrogens is 228 g/mol. The Kier molecular flexibility index (Phi) is 3.39. The lowest BCUT2D eigenvalue weighted by Gasteiger charge is -2.05. The maximum absolute atomic E-state index is 11.8. The van der Waals surface area contributed by atoms with Gasteiger partial charge in [-0.2, -0.15) is 4.68 Å². The third-order valence-electron chi connectivity index (χ3n) is 2.46. The highest BCUT2D eigenvalue weighted by Gasteiger charge is 2.13. The van der Waals surface area contributed by atoms with Crippen LogP contribution in [0.25, 0.3) is 5.82 Å². The summed E-state index contributed by atoms with van der Waals surface area (Å²) in [5, 5.41) is 0. The first kappa shape index (κ1) is 12.3. The molecule has 2 rings (SSSR count). The molecule has 16 heavy (non-hydrogen) atoms. The summed E-state index contributed by atoms with van der Waals surface area (Å²) in [6.45, 7) is 1.80. The highest BCUT2D eigenvalue weighted by molar-refractivity contribution is 5.85. The Labute approximate surface area is 98.9 Å². The lowest BCUT2D eigenvalue weighted by atomic mass is 10.4. The summed E-state index contributed by atoms with van der Waals surface area (Å²) in [4.78, 5) is 15.9. The van der Waals surface area contributed by atoms with Crippen LogP contribution in [0, 0.1) is 6.92 Å². The molecule has 0 aliphatic rings. The number of aromatic nitrogens is 3. The minimum atomic E-state index is -0.228. The van der Waals surface area contributed by atoms with Gasteiger partial charge in [0.2, 0.25) is 0 Å². The smallest absolute Gasteiger partial charge is 0.296 e. The molecule has 0 amide bonds. The van der Waals surface area contributed by atoms with Gasteiger partial charge in [-0.25, -0.2) is 4.98 Å². The minimum absolute atomic E-state index is 0. The van der Waals surface area contributed by atoms with Gasteiger partial charge < -0.3 is 5.73 Å². The van der Waals surface area contributed by atoms with E-state index >= 15 is 0 Å². The van der Waals surface area contributed by atoms with Gasteiger partial charge in [0.15, 0.2) is 5.82 Å². The Balaban J connectivity index is 0.00000128. The summed E-state index contributed by atoms with van der Waals surface area (Å²) in [5.41, 5.74) is 6.44. The molecule has 0 unspecified atom stereocenters. The van der Waals surface area contributed by atoms with Crippen molar-refractivity contribution < 1.29 is 0 Å². The lowest BCUT2D eigenvalue weighted by molar-refractivity contribution is 0.618. The van der Waals surface area contributed by atoms with E-state index in [4.69, 9.17) is 5.73 Å². The van der Waals surface area contributed by atoms with E-state index in [1.807, 2.05) is 6.07 Å². The monoisotopic (exact) mass is 240 g/mol. The minimum Gasteiger partial charge on any atom is -0.393 e. The molecule has 0 bridgehead atoms. The van der Waals surface area contributed by atoms with Gasteiger partial charge in [-0.3, -0.25) is 9.48 Å². The maximum Gasteiger partial charge on any atom is 0.296 e. The Bertz CT molecular complexity index is 544. The SMILES string of the molecule is Cc1c(N)c(=O)n(-c2ccccn2)n1C.Cl. The van der Waals surface area contributed by atoms with E-state index in [9.17, 15) is 4.79 Å². The molecule has 0 aliphatic heterocycles. The third kappa shape index (κ3) is 1.69. The summed E-state index contributed by atoms with van der Waals surface area (Å²) < 4.78 is 3.14. The second-order valence-corrected chi connectivity index (χ2v) is 3.33. The van der Waals surface area contributed by atoms with Crippen LogP contribution in [0.5, 0.6) is 0 Å². The van der Waals surface area contributed by atoms with Crippen molar-refractivity contribution in [3.8, 4) is 5.82 Å². The van der Waals surface area contributed by atoms with Crippen molar-refractivity contribution in [2.45, 2.75) is 6.92 Å². The summed E-state index contributed by atoms with van der Waals surface area (Å²) in [6.07, 6.45) is 1.64. The quantitative estimate of drug-likeness (QED) is 0.805. The number of nitrogens with zero attached hydrogens (tertiary/aromatic N) is 3. The van der Waals surface area contributed by atoms with Crippen molar-refractivity contribution in [1.82, 2.24) is 14.3 Å². The van der Waals surface area contributed by atoms with E-state index < -0.39 is 0 Å². The van der Waals surface area contributed by atoms with Crippen LogP contribution in [0.4, 0.5) is 5.69 Å². The van der Waals surface area contributed by atoms with Crippen LogP contribution in [0.2, 0.25) is 0 Å². The van der Waals surface area contributed by atoms with Crippen LogP contribution in [0.3, 0.4) is 0 Å². The van der Waals surface area contributed by atoms with Crippen molar-refractivity contribution in [1.29, 1.82) is 0 Å². The zero-order valence-corrected chi connectivity index (χ0v) is 9.86. The maximum atomic E-state index is 11.8. The van der Waals surface area contributed by atoms with E-state index in [-0.39, 0.29) is 23.7 Å². The Hall–Kier alpha value is -1.75. The molecule has 5 nitrogen and oxygen atoms in total. The summed E-state index contributed by atoms with van der Waals surface area (Å²) in [6, 6.07) is 5.39. The van der Waals surface area contributed by atoms with Crippen LogP contribution < -0.4 is 11.3 Å². The molecule has 2 heterocycles. The van der Waals surface area contributed by atoms with Gasteiger partial charge in [-0.1, -0.05) is 6.07 Å². The predicted octanol–water partition coefficient (Wildman–Crippen LogP) is 0.883. The Morgan fingerprint density at radius 3 is 2.50 bits per heavy atom. The van der Waals surface area contributed by atoms with Crippen LogP contribution in [-0.2, 0) is 7.05 Å². The average Bonchev–Trinajstić information content (AvgIpc) is 2.45. The molecule has 0 aliphatic carbocycles. The molecule has 0 fully saturated rings. The van der Waals surface area contributed by atoms with E-state index in [0.717, 1.165) is 5.69 Å². The summed E-state index contributed by atoms with van der Waals surface area (Å²) in [5.74, 6) is 0.574. The molecule has 2 aromatic rings. The van der Waals surface area contributed by atoms with Crippen molar-refractivity contribution in [3.05, 3.63) is 40.4 Å². The molecule has 0 atom stereocenters. The topological polar surface area (TPSA) is 65.8 Å². The van der Waals surface area contributed by atoms with Gasteiger partial charge in [0, 0.05) is 13.2 Å². The standard InChI is InChI=1S/C10H12N4O.ClH/c1-7-9(11)10(15)14(13(7)2)8-5-3-4-6-12-8;/h3-6H,11H2,1-2H3;1H.